The number of aromatic nitrogens is 2. The number of nitrogens with one attached hydrogen (secondary N) is 1. The monoisotopic (exact) mass is 270 g/mol. The summed E-state index contributed by atoms with van der Waals surface area (Å²) in [5.41, 5.74) is 4.83. The molecule has 19 heavy (non-hydrogen) atoms. The first-order valence-corrected chi connectivity index (χ1v) is 6.90. The van der Waals surface area contributed by atoms with Gasteiger partial charge in [-0.1, -0.05) is 36.4 Å². The Morgan fingerprint density at radius 1 is 0.947 bits per heavy atom. The van der Waals surface area contributed by atoms with Gasteiger partial charge in [-0.05, 0) is 37.1 Å². The number of para-hydroxylation sites is 2. The zero-order valence-corrected chi connectivity index (χ0v) is 12.1. The van der Waals surface area contributed by atoms with Gasteiger partial charge in [0.1, 0.15) is 5.82 Å². The zero-order valence-electron chi connectivity index (χ0n) is 11.2. The van der Waals surface area contributed by atoms with E-state index < -0.39 is 0 Å². The number of hydrogen-bond acceptors (Lipinski definition) is 2. The molecule has 3 aromatic rings. The number of H-pyrrole nitrogens is 1. The number of imidazole rings is 1. The van der Waals surface area contributed by atoms with E-state index in [2.05, 4.69) is 60.7 Å². The second kappa shape index (κ2) is 6.43. The first-order valence-electron chi connectivity index (χ1n) is 6.27. The van der Waals surface area contributed by atoms with Gasteiger partial charge in [-0.25, -0.2) is 4.98 Å². The molecule has 0 saturated carbocycles. The van der Waals surface area contributed by atoms with Crippen LogP contribution in [0.25, 0.3) is 11.0 Å². The number of benzene rings is 2. The van der Waals surface area contributed by atoms with Crippen molar-refractivity contribution in [3.8, 4) is 0 Å². The number of aromatic amines is 1. The summed E-state index contributed by atoms with van der Waals surface area (Å²) in [5, 5.41) is 0. The van der Waals surface area contributed by atoms with Crippen LogP contribution in [0, 0.1) is 13.8 Å². The second-order valence-corrected chi connectivity index (χ2v) is 4.76. The van der Waals surface area contributed by atoms with Crippen molar-refractivity contribution >= 4 is 23.7 Å². The number of hydrogen-bond donors (Lipinski definition) is 2. The first-order chi connectivity index (χ1) is 9.20. The molecule has 0 aliphatic heterocycles. The fourth-order valence-electron chi connectivity index (χ4n) is 1.74. The summed E-state index contributed by atoms with van der Waals surface area (Å²) in [6.07, 6.45) is 0. The summed E-state index contributed by atoms with van der Waals surface area (Å²) in [7, 11) is 0. The summed E-state index contributed by atoms with van der Waals surface area (Å²) < 4.78 is 0. The average molecular weight is 270 g/mol. The predicted octanol–water partition coefficient (Wildman–Crippen LogP) is 4.30. The number of fused-ring (bicyclic) bond motifs is 1. The molecule has 0 aliphatic rings. The minimum absolute atomic E-state index is 0.661. The molecule has 0 radical (unpaired) electrons. The Balaban J connectivity index is 0.000000148. The Bertz CT molecular complexity index is 604. The third-order valence-electron chi connectivity index (χ3n) is 3.01. The van der Waals surface area contributed by atoms with E-state index in [1.807, 2.05) is 24.3 Å². The number of thiol groups is 1. The zero-order chi connectivity index (χ0) is 13.7. The van der Waals surface area contributed by atoms with Gasteiger partial charge in [-0.2, -0.15) is 12.6 Å². The quantitative estimate of drug-likeness (QED) is 0.634. The van der Waals surface area contributed by atoms with E-state index in [0.717, 1.165) is 16.9 Å². The van der Waals surface area contributed by atoms with Gasteiger partial charge in [0, 0.05) is 5.75 Å². The lowest BCUT2D eigenvalue weighted by atomic mass is 10.1. The summed E-state index contributed by atoms with van der Waals surface area (Å²) in [4.78, 5) is 7.46. The van der Waals surface area contributed by atoms with E-state index in [0.29, 0.717) is 5.75 Å². The van der Waals surface area contributed by atoms with E-state index in [1.54, 1.807) is 0 Å². The van der Waals surface area contributed by atoms with Crippen molar-refractivity contribution in [1.29, 1.82) is 0 Å². The van der Waals surface area contributed by atoms with Crippen LogP contribution >= 0.6 is 12.6 Å². The van der Waals surface area contributed by atoms with Gasteiger partial charge in [0.15, 0.2) is 0 Å². The van der Waals surface area contributed by atoms with E-state index >= 15 is 0 Å². The van der Waals surface area contributed by atoms with Crippen molar-refractivity contribution < 1.29 is 0 Å². The van der Waals surface area contributed by atoms with E-state index in [1.165, 1.54) is 11.1 Å². The molecule has 0 saturated heterocycles. The molecule has 1 heterocycles. The highest BCUT2D eigenvalue weighted by molar-refractivity contribution is 7.79. The standard InChI is InChI=1S/C8H8N2S.C8H10/c11-5-8-9-6-3-1-2-4-7(6)10-8;1-7-5-3-4-6-8(7)2/h1-4,11H,5H2,(H,9,10);3-6H,1-2H3. The van der Waals surface area contributed by atoms with E-state index in [-0.39, 0.29) is 0 Å². The van der Waals surface area contributed by atoms with Crippen LogP contribution < -0.4 is 0 Å². The minimum Gasteiger partial charge on any atom is -0.341 e. The fraction of sp³-hybridized carbons (Fsp3) is 0.188. The van der Waals surface area contributed by atoms with Crippen molar-refractivity contribution in [2.45, 2.75) is 19.6 Å². The molecular weight excluding hydrogens is 252 g/mol. The van der Waals surface area contributed by atoms with Crippen LogP contribution in [0.2, 0.25) is 0 Å². The normalized spacial score (nSPS) is 10.1. The summed E-state index contributed by atoms with van der Waals surface area (Å²) in [6.45, 7) is 4.24. The smallest absolute Gasteiger partial charge is 0.116 e. The van der Waals surface area contributed by atoms with Gasteiger partial charge in [0.25, 0.3) is 0 Å². The first kappa shape index (κ1) is 13.7. The van der Waals surface area contributed by atoms with Crippen molar-refractivity contribution in [3.05, 3.63) is 65.5 Å². The maximum atomic E-state index is 4.30. The molecule has 0 fully saturated rings. The van der Waals surface area contributed by atoms with Gasteiger partial charge in [-0.15, -0.1) is 0 Å². The molecule has 2 aromatic carbocycles. The van der Waals surface area contributed by atoms with Crippen molar-refractivity contribution in [1.82, 2.24) is 9.97 Å². The molecule has 1 aromatic heterocycles. The molecule has 1 N–H and O–H groups in total. The van der Waals surface area contributed by atoms with Gasteiger partial charge in [-0.3, -0.25) is 0 Å². The molecule has 3 heteroatoms. The predicted molar refractivity (Wildman–Crippen MR) is 84.7 cm³/mol. The van der Waals surface area contributed by atoms with Gasteiger partial charge in [0.05, 0.1) is 11.0 Å². The Morgan fingerprint density at radius 2 is 1.53 bits per heavy atom. The van der Waals surface area contributed by atoms with E-state index in [9.17, 15) is 0 Å². The fourth-order valence-corrected chi connectivity index (χ4v) is 1.89. The lowest BCUT2D eigenvalue weighted by Crippen LogP contribution is -1.77. The molecule has 0 amide bonds. The molecule has 3 rings (SSSR count). The number of nitrogens with zero attached hydrogens (tertiary/aromatic N) is 1. The summed E-state index contributed by atoms with van der Waals surface area (Å²) in [6, 6.07) is 16.3. The lowest BCUT2D eigenvalue weighted by molar-refractivity contribution is 1.15. The third-order valence-corrected chi connectivity index (χ3v) is 3.31. The molecule has 98 valence electrons. The summed E-state index contributed by atoms with van der Waals surface area (Å²) >= 11 is 4.13. The highest BCUT2D eigenvalue weighted by Gasteiger charge is 1.97. The lowest BCUT2D eigenvalue weighted by Gasteiger charge is -1.93. The van der Waals surface area contributed by atoms with Crippen molar-refractivity contribution in [2.75, 3.05) is 0 Å². The summed E-state index contributed by atoms with van der Waals surface area (Å²) in [5.74, 6) is 1.59. The Labute approximate surface area is 119 Å². The number of aryl methyl sites for hydroxylation is 2. The SMILES string of the molecule is Cc1ccccc1C.SCc1nc2ccccc2[nH]1. The highest BCUT2D eigenvalue weighted by atomic mass is 32.1. The second-order valence-electron chi connectivity index (χ2n) is 4.44. The third kappa shape index (κ3) is 3.61. The van der Waals surface area contributed by atoms with Crippen LogP contribution in [0.15, 0.2) is 48.5 Å². The van der Waals surface area contributed by atoms with Crippen LogP contribution in [-0.2, 0) is 5.75 Å². The Hall–Kier alpha value is -1.74. The maximum Gasteiger partial charge on any atom is 0.116 e. The maximum absolute atomic E-state index is 4.30. The molecule has 0 aliphatic carbocycles. The van der Waals surface area contributed by atoms with Crippen LogP contribution in [0.5, 0.6) is 0 Å². The van der Waals surface area contributed by atoms with Crippen molar-refractivity contribution in [2.24, 2.45) is 0 Å². The number of rotatable bonds is 1. The van der Waals surface area contributed by atoms with Gasteiger partial charge >= 0.3 is 0 Å². The van der Waals surface area contributed by atoms with Crippen LogP contribution in [0.3, 0.4) is 0 Å². The molecule has 0 atom stereocenters. The average Bonchev–Trinajstić information content (AvgIpc) is 2.86. The molecule has 0 unspecified atom stereocenters. The molecule has 0 spiro atoms. The van der Waals surface area contributed by atoms with Crippen LogP contribution in [0.1, 0.15) is 17.0 Å². The van der Waals surface area contributed by atoms with Crippen LogP contribution in [-0.4, -0.2) is 9.97 Å². The Kier molecular flexibility index (Phi) is 4.63. The molecule has 2 nitrogen and oxygen atoms in total. The topological polar surface area (TPSA) is 28.7 Å². The molecular formula is C16H18N2S. The van der Waals surface area contributed by atoms with Crippen LogP contribution in [0.4, 0.5) is 0 Å². The highest BCUT2D eigenvalue weighted by Crippen LogP contribution is 2.10. The largest absolute Gasteiger partial charge is 0.341 e. The van der Waals surface area contributed by atoms with E-state index in [4.69, 9.17) is 0 Å². The Morgan fingerprint density at radius 3 is 2.05 bits per heavy atom. The van der Waals surface area contributed by atoms with Crippen molar-refractivity contribution in [3.63, 3.8) is 0 Å². The van der Waals surface area contributed by atoms with Gasteiger partial charge < -0.3 is 4.98 Å². The van der Waals surface area contributed by atoms with Gasteiger partial charge in [0.2, 0.25) is 0 Å². The molecule has 0 bridgehead atoms. The minimum atomic E-state index is 0.661.